The molecule has 3 heteroatoms. The van der Waals surface area contributed by atoms with Gasteiger partial charge in [-0.15, -0.1) is 0 Å². The van der Waals surface area contributed by atoms with Crippen LogP contribution in [0.1, 0.15) is 69.7 Å². The lowest BCUT2D eigenvalue weighted by Crippen LogP contribution is -2.33. The molecular formula is C18H28N2O. The van der Waals surface area contributed by atoms with E-state index in [1.165, 1.54) is 16.8 Å². The van der Waals surface area contributed by atoms with Gasteiger partial charge >= 0.3 is 0 Å². The molecular weight excluding hydrogens is 260 g/mol. The molecule has 0 radical (unpaired) electrons. The molecule has 21 heavy (non-hydrogen) atoms. The molecule has 2 atom stereocenters. The third-order valence-corrected chi connectivity index (χ3v) is 4.60. The van der Waals surface area contributed by atoms with Gasteiger partial charge in [0.1, 0.15) is 0 Å². The molecule has 2 unspecified atom stereocenters. The number of nitrogens with one attached hydrogen (secondary N) is 1. The largest absolute Gasteiger partial charge is 0.356 e. The first-order valence-corrected chi connectivity index (χ1v) is 8.11. The maximum absolute atomic E-state index is 11.1. The highest BCUT2D eigenvalue weighted by Crippen LogP contribution is 2.39. The van der Waals surface area contributed by atoms with Crippen molar-refractivity contribution in [3.8, 4) is 0 Å². The number of fused-ring (bicyclic) bond motifs is 1. The van der Waals surface area contributed by atoms with Crippen molar-refractivity contribution in [3.63, 3.8) is 0 Å². The highest BCUT2D eigenvalue weighted by molar-refractivity contribution is 5.72. The Hall–Kier alpha value is -1.38. The summed E-state index contributed by atoms with van der Waals surface area (Å²) in [6, 6.07) is 2.37. The van der Waals surface area contributed by atoms with Crippen LogP contribution in [0.3, 0.4) is 0 Å². The summed E-state index contributed by atoms with van der Waals surface area (Å²) in [6.07, 6.45) is 4.16. The molecule has 0 aliphatic heterocycles. The van der Waals surface area contributed by atoms with Gasteiger partial charge in [0.2, 0.25) is 5.91 Å². The third-order valence-electron chi connectivity index (χ3n) is 4.60. The maximum atomic E-state index is 11.1. The molecule has 0 spiro atoms. The molecule has 0 saturated heterocycles. The second-order valence-corrected chi connectivity index (χ2v) is 7.05. The number of nitrogens with zero attached hydrogens (tertiary/aromatic N) is 1. The summed E-state index contributed by atoms with van der Waals surface area (Å²) in [6.45, 7) is 11.4. The fraction of sp³-hybridized carbons (Fsp3) is 0.667. The Morgan fingerprint density at radius 3 is 2.67 bits per heavy atom. The zero-order chi connectivity index (χ0) is 15.6. The fourth-order valence-corrected chi connectivity index (χ4v) is 3.25. The van der Waals surface area contributed by atoms with Crippen molar-refractivity contribution in [1.29, 1.82) is 0 Å². The van der Waals surface area contributed by atoms with E-state index < -0.39 is 0 Å². The summed E-state index contributed by atoms with van der Waals surface area (Å²) >= 11 is 0. The van der Waals surface area contributed by atoms with Crippen LogP contribution in [0.2, 0.25) is 0 Å². The Morgan fingerprint density at radius 1 is 1.38 bits per heavy atom. The molecule has 1 amide bonds. The van der Waals surface area contributed by atoms with Gasteiger partial charge in [-0.05, 0) is 47.6 Å². The predicted octanol–water partition coefficient (Wildman–Crippen LogP) is 3.64. The molecule has 0 aromatic carbocycles. The van der Waals surface area contributed by atoms with Crippen LogP contribution in [0.15, 0.2) is 12.3 Å². The van der Waals surface area contributed by atoms with E-state index in [-0.39, 0.29) is 5.91 Å². The summed E-state index contributed by atoms with van der Waals surface area (Å²) in [7, 11) is 0. The lowest BCUT2D eigenvalue weighted by Gasteiger charge is -2.34. The Labute approximate surface area is 128 Å². The van der Waals surface area contributed by atoms with Crippen molar-refractivity contribution >= 4 is 5.91 Å². The van der Waals surface area contributed by atoms with Gasteiger partial charge in [-0.3, -0.25) is 9.78 Å². The Morgan fingerprint density at radius 2 is 2.10 bits per heavy atom. The van der Waals surface area contributed by atoms with Crippen molar-refractivity contribution in [2.75, 3.05) is 6.54 Å². The van der Waals surface area contributed by atoms with Gasteiger partial charge < -0.3 is 5.32 Å². The van der Waals surface area contributed by atoms with Crippen molar-refractivity contribution < 1.29 is 4.79 Å². The van der Waals surface area contributed by atoms with Gasteiger partial charge in [-0.1, -0.05) is 33.8 Å². The summed E-state index contributed by atoms with van der Waals surface area (Å²) < 4.78 is 0. The van der Waals surface area contributed by atoms with Crippen molar-refractivity contribution in [3.05, 3.63) is 29.1 Å². The van der Waals surface area contributed by atoms with Gasteiger partial charge in [0, 0.05) is 25.4 Å². The molecule has 0 saturated carbocycles. The van der Waals surface area contributed by atoms with Crippen molar-refractivity contribution in [2.24, 2.45) is 11.8 Å². The topological polar surface area (TPSA) is 42.0 Å². The van der Waals surface area contributed by atoms with Crippen molar-refractivity contribution in [1.82, 2.24) is 10.3 Å². The van der Waals surface area contributed by atoms with Crippen LogP contribution in [0.4, 0.5) is 0 Å². The van der Waals surface area contributed by atoms with E-state index >= 15 is 0 Å². The fourth-order valence-electron chi connectivity index (χ4n) is 3.25. The van der Waals surface area contributed by atoms with E-state index in [9.17, 15) is 4.79 Å². The van der Waals surface area contributed by atoms with Gasteiger partial charge in [0.25, 0.3) is 0 Å². The molecule has 3 nitrogen and oxygen atoms in total. The van der Waals surface area contributed by atoms with E-state index in [0.29, 0.717) is 23.7 Å². The standard InChI is InChI=1S/C18H28N2O/c1-11(2)15-8-17-16(12(3)4)6-14(9-19-13(5)21)7-18(17)20-10-15/h8,10-12,14,16H,6-7,9H2,1-5H3,(H,19,21). The Balaban J connectivity index is 2.25. The minimum Gasteiger partial charge on any atom is -0.356 e. The van der Waals surface area contributed by atoms with Gasteiger partial charge in [0.15, 0.2) is 0 Å². The van der Waals surface area contributed by atoms with Crippen LogP contribution in [-0.4, -0.2) is 17.4 Å². The van der Waals surface area contributed by atoms with E-state index in [2.05, 4.69) is 39.1 Å². The van der Waals surface area contributed by atoms with Gasteiger partial charge in [-0.2, -0.15) is 0 Å². The van der Waals surface area contributed by atoms with Gasteiger partial charge in [0.05, 0.1) is 0 Å². The number of amides is 1. The first kappa shape index (κ1) is 16.0. The van der Waals surface area contributed by atoms with Crippen LogP contribution in [0.5, 0.6) is 0 Å². The molecule has 116 valence electrons. The Bertz CT molecular complexity index is 508. The summed E-state index contributed by atoms with van der Waals surface area (Å²) in [5.41, 5.74) is 4.01. The summed E-state index contributed by atoms with van der Waals surface area (Å²) in [5.74, 6) is 2.25. The van der Waals surface area contributed by atoms with E-state index in [4.69, 9.17) is 4.98 Å². The SMILES string of the molecule is CC(=O)NCC1Cc2ncc(C(C)C)cc2C(C(C)C)C1. The highest BCUT2D eigenvalue weighted by Gasteiger charge is 2.30. The van der Waals surface area contributed by atoms with E-state index in [1.54, 1.807) is 6.92 Å². The quantitative estimate of drug-likeness (QED) is 0.919. The molecule has 1 aromatic rings. The number of hydrogen-bond acceptors (Lipinski definition) is 2. The average Bonchev–Trinajstić information content (AvgIpc) is 2.43. The van der Waals surface area contributed by atoms with Crippen LogP contribution < -0.4 is 5.32 Å². The lowest BCUT2D eigenvalue weighted by atomic mass is 9.73. The lowest BCUT2D eigenvalue weighted by molar-refractivity contribution is -0.119. The predicted molar refractivity (Wildman–Crippen MR) is 86.4 cm³/mol. The van der Waals surface area contributed by atoms with Crippen LogP contribution in [-0.2, 0) is 11.2 Å². The number of carbonyl (C=O) groups is 1. The minimum absolute atomic E-state index is 0.0602. The molecule has 0 bridgehead atoms. The molecule has 1 aliphatic carbocycles. The number of pyridine rings is 1. The molecule has 1 aromatic heterocycles. The van der Waals surface area contributed by atoms with Gasteiger partial charge in [-0.25, -0.2) is 0 Å². The highest BCUT2D eigenvalue weighted by atomic mass is 16.1. The molecule has 1 N–H and O–H groups in total. The Kier molecular flexibility index (Phi) is 5.02. The minimum atomic E-state index is 0.0602. The van der Waals surface area contributed by atoms with Crippen LogP contribution >= 0.6 is 0 Å². The first-order valence-electron chi connectivity index (χ1n) is 8.11. The monoisotopic (exact) mass is 288 g/mol. The average molecular weight is 288 g/mol. The summed E-state index contributed by atoms with van der Waals surface area (Å²) in [4.78, 5) is 15.9. The van der Waals surface area contributed by atoms with Crippen LogP contribution in [0, 0.1) is 11.8 Å². The first-order chi connectivity index (χ1) is 9.88. The number of carbonyl (C=O) groups excluding carboxylic acids is 1. The van der Waals surface area contributed by atoms with E-state index in [0.717, 1.165) is 19.4 Å². The van der Waals surface area contributed by atoms with Crippen molar-refractivity contribution in [2.45, 2.75) is 59.3 Å². The normalized spacial score (nSPS) is 21.5. The van der Waals surface area contributed by atoms with E-state index in [1.807, 2.05) is 6.20 Å². The summed E-state index contributed by atoms with van der Waals surface area (Å²) in [5, 5.41) is 2.97. The number of rotatable bonds is 4. The van der Waals surface area contributed by atoms with Crippen LogP contribution in [0.25, 0.3) is 0 Å². The zero-order valence-corrected chi connectivity index (χ0v) is 13.9. The second kappa shape index (κ2) is 6.59. The maximum Gasteiger partial charge on any atom is 0.216 e. The number of hydrogen-bond donors (Lipinski definition) is 1. The number of aromatic nitrogens is 1. The third kappa shape index (κ3) is 3.84. The second-order valence-electron chi connectivity index (χ2n) is 7.05. The smallest absolute Gasteiger partial charge is 0.216 e. The molecule has 1 aliphatic rings. The zero-order valence-electron chi connectivity index (χ0n) is 13.9. The molecule has 2 rings (SSSR count). The molecule has 0 fully saturated rings. The molecule has 1 heterocycles.